The first-order valence-corrected chi connectivity index (χ1v) is 13.1. The van der Waals surface area contributed by atoms with Crippen LogP contribution in [-0.2, 0) is 21.3 Å². The Balaban J connectivity index is 1.90. The quantitative estimate of drug-likeness (QED) is 0.395. The molecule has 1 N–H and O–H groups in total. The third-order valence-electron chi connectivity index (χ3n) is 4.80. The van der Waals surface area contributed by atoms with Gasteiger partial charge in [-0.3, -0.25) is 4.79 Å². The molecule has 34 heavy (non-hydrogen) atoms. The summed E-state index contributed by atoms with van der Waals surface area (Å²) in [5.74, 6) is -1.00. The summed E-state index contributed by atoms with van der Waals surface area (Å²) in [6.45, 7) is 2.42. The van der Waals surface area contributed by atoms with Crippen LogP contribution in [0.2, 0.25) is 5.02 Å². The fraction of sp³-hybridized carbons (Fsp3) is 0.261. The first-order chi connectivity index (χ1) is 16.2. The second kappa shape index (κ2) is 11.4. The van der Waals surface area contributed by atoms with E-state index < -0.39 is 15.9 Å². The van der Waals surface area contributed by atoms with Crippen LogP contribution in [-0.4, -0.2) is 38.8 Å². The van der Waals surface area contributed by atoms with E-state index in [1.807, 2.05) is 17.0 Å². The van der Waals surface area contributed by atoms with E-state index in [4.69, 9.17) is 21.6 Å². The van der Waals surface area contributed by atoms with Gasteiger partial charge >= 0.3 is 0 Å². The van der Waals surface area contributed by atoms with Gasteiger partial charge in [0.2, 0.25) is 10.0 Å². The van der Waals surface area contributed by atoms with E-state index in [0.29, 0.717) is 27.1 Å². The SMILES string of the molecule is COCCCS(=O)(=O)NC(=O)c1nc(N(Cc2ccc(Cl)cc2)c2ccc(C#N)cc2)sc1C. The van der Waals surface area contributed by atoms with E-state index in [-0.39, 0.29) is 24.5 Å². The van der Waals surface area contributed by atoms with Crippen molar-refractivity contribution in [2.45, 2.75) is 19.9 Å². The molecule has 1 heterocycles. The Morgan fingerprint density at radius 2 is 1.88 bits per heavy atom. The molecular weight excluding hydrogens is 496 g/mol. The van der Waals surface area contributed by atoms with Gasteiger partial charge in [-0.25, -0.2) is 18.1 Å². The lowest BCUT2D eigenvalue weighted by Gasteiger charge is -2.22. The molecule has 0 saturated carbocycles. The van der Waals surface area contributed by atoms with Gasteiger partial charge < -0.3 is 9.64 Å². The first-order valence-electron chi connectivity index (χ1n) is 10.3. The number of benzene rings is 2. The number of nitriles is 1. The largest absolute Gasteiger partial charge is 0.385 e. The van der Waals surface area contributed by atoms with Crippen molar-refractivity contribution in [1.29, 1.82) is 5.26 Å². The fourth-order valence-electron chi connectivity index (χ4n) is 3.10. The van der Waals surface area contributed by atoms with E-state index in [9.17, 15) is 13.2 Å². The van der Waals surface area contributed by atoms with Crippen LogP contribution in [0.3, 0.4) is 0 Å². The zero-order valence-corrected chi connectivity index (χ0v) is 21.0. The molecule has 0 bridgehead atoms. The number of sulfonamides is 1. The number of thiazole rings is 1. The van der Waals surface area contributed by atoms with Crippen LogP contribution < -0.4 is 9.62 Å². The molecule has 0 spiro atoms. The molecule has 0 atom stereocenters. The van der Waals surface area contributed by atoms with Gasteiger partial charge in [0, 0.05) is 29.3 Å². The Labute approximate surface area is 207 Å². The molecule has 0 aliphatic heterocycles. The third kappa shape index (κ3) is 6.77. The molecule has 1 amide bonds. The maximum atomic E-state index is 12.7. The zero-order valence-electron chi connectivity index (χ0n) is 18.6. The number of carbonyl (C=O) groups is 1. The van der Waals surface area contributed by atoms with Crippen LogP contribution in [0.5, 0.6) is 0 Å². The number of rotatable bonds is 10. The summed E-state index contributed by atoms with van der Waals surface area (Å²) in [4.78, 5) is 19.7. The fourth-order valence-corrected chi connectivity index (χ4v) is 5.13. The second-order valence-corrected chi connectivity index (χ2v) is 10.8. The summed E-state index contributed by atoms with van der Waals surface area (Å²) in [5, 5.41) is 10.2. The van der Waals surface area contributed by atoms with Crippen molar-refractivity contribution in [2.24, 2.45) is 0 Å². The lowest BCUT2D eigenvalue weighted by Crippen LogP contribution is -2.33. The van der Waals surface area contributed by atoms with Gasteiger partial charge in [0.15, 0.2) is 5.13 Å². The summed E-state index contributed by atoms with van der Waals surface area (Å²) in [7, 11) is -2.33. The molecule has 178 valence electrons. The lowest BCUT2D eigenvalue weighted by molar-refractivity contribution is 0.0976. The zero-order chi connectivity index (χ0) is 24.7. The molecule has 0 fully saturated rings. The molecule has 0 unspecified atom stereocenters. The van der Waals surface area contributed by atoms with E-state index in [1.54, 1.807) is 43.3 Å². The minimum absolute atomic E-state index is 0.0464. The summed E-state index contributed by atoms with van der Waals surface area (Å²) in [6.07, 6.45) is 0.272. The Bertz CT molecular complexity index is 1280. The predicted octanol–water partition coefficient (Wildman–Crippen LogP) is 4.41. The van der Waals surface area contributed by atoms with Crippen molar-refractivity contribution >= 4 is 49.7 Å². The monoisotopic (exact) mass is 518 g/mol. The highest BCUT2D eigenvalue weighted by atomic mass is 35.5. The van der Waals surface area contributed by atoms with E-state index >= 15 is 0 Å². The Hall–Kier alpha value is -2.97. The van der Waals surface area contributed by atoms with Crippen molar-refractivity contribution in [1.82, 2.24) is 9.71 Å². The standard InChI is InChI=1S/C23H23ClN4O4S2/c1-16-21(22(29)27-34(30,31)13-3-12-32-2)26-23(33-16)28(15-18-4-8-19(24)9-5-18)20-10-6-17(14-25)7-11-20/h4-11H,3,12-13,15H2,1-2H3,(H,27,29). The van der Waals surface area contributed by atoms with Crippen molar-refractivity contribution in [3.05, 3.63) is 75.3 Å². The number of nitrogens with one attached hydrogen (secondary N) is 1. The molecule has 2 aromatic carbocycles. The number of halogens is 1. The smallest absolute Gasteiger partial charge is 0.284 e. The van der Waals surface area contributed by atoms with E-state index in [2.05, 4.69) is 15.8 Å². The highest BCUT2D eigenvalue weighted by Crippen LogP contribution is 2.33. The average Bonchev–Trinajstić information content (AvgIpc) is 3.20. The van der Waals surface area contributed by atoms with E-state index in [1.165, 1.54) is 18.4 Å². The molecule has 8 nitrogen and oxygen atoms in total. The highest BCUT2D eigenvalue weighted by molar-refractivity contribution is 7.90. The van der Waals surface area contributed by atoms with Gasteiger partial charge in [-0.05, 0) is 55.3 Å². The van der Waals surface area contributed by atoms with Crippen LogP contribution in [0.1, 0.15) is 32.9 Å². The molecule has 1 aromatic heterocycles. The molecule has 3 rings (SSSR count). The first kappa shape index (κ1) is 25.6. The molecular formula is C23H23ClN4O4S2. The summed E-state index contributed by atoms with van der Waals surface area (Å²) in [6, 6.07) is 16.4. The average molecular weight is 519 g/mol. The van der Waals surface area contributed by atoms with Crippen molar-refractivity contribution in [3.8, 4) is 6.07 Å². The van der Waals surface area contributed by atoms with Gasteiger partial charge in [-0.1, -0.05) is 23.7 Å². The Morgan fingerprint density at radius 3 is 2.50 bits per heavy atom. The number of aromatic nitrogens is 1. The summed E-state index contributed by atoms with van der Waals surface area (Å²) < 4.78 is 31.4. The number of hydrogen-bond acceptors (Lipinski definition) is 8. The van der Waals surface area contributed by atoms with Gasteiger partial charge in [-0.15, -0.1) is 11.3 Å². The number of amides is 1. The molecule has 0 aliphatic rings. The van der Waals surface area contributed by atoms with Gasteiger partial charge in [-0.2, -0.15) is 5.26 Å². The van der Waals surface area contributed by atoms with Crippen LogP contribution in [0.25, 0.3) is 0 Å². The van der Waals surface area contributed by atoms with Crippen molar-refractivity contribution < 1.29 is 17.9 Å². The molecule has 0 radical (unpaired) electrons. The van der Waals surface area contributed by atoms with E-state index in [0.717, 1.165) is 11.3 Å². The Kier molecular flexibility index (Phi) is 8.63. The summed E-state index contributed by atoms with van der Waals surface area (Å²) >= 11 is 7.29. The second-order valence-electron chi connectivity index (χ2n) is 7.37. The summed E-state index contributed by atoms with van der Waals surface area (Å²) in [5.41, 5.74) is 2.28. The number of anilines is 2. The normalized spacial score (nSPS) is 11.1. The lowest BCUT2D eigenvalue weighted by atomic mass is 10.2. The van der Waals surface area contributed by atoms with Crippen molar-refractivity contribution in [3.63, 3.8) is 0 Å². The third-order valence-corrected chi connectivity index (χ3v) is 7.37. The number of nitrogens with zero attached hydrogens (tertiary/aromatic N) is 3. The van der Waals surface area contributed by atoms with Crippen LogP contribution >= 0.6 is 22.9 Å². The molecule has 0 aliphatic carbocycles. The molecule has 11 heteroatoms. The molecule has 0 saturated heterocycles. The van der Waals surface area contributed by atoms with Gasteiger partial charge in [0.25, 0.3) is 5.91 Å². The van der Waals surface area contributed by atoms with Gasteiger partial charge in [0.1, 0.15) is 5.69 Å². The number of hydrogen-bond donors (Lipinski definition) is 1. The number of aryl methyl sites for hydroxylation is 1. The maximum absolute atomic E-state index is 12.7. The highest BCUT2D eigenvalue weighted by Gasteiger charge is 2.23. The number of carbonyl (C=O) groups excluding carboxylic acids is 1. The van der Waals surface area contributed by atoms with Gasteiger partial charge in [0.05, 0.1) is 23.9 Å². The predicted molar refractivity (Wildman–Crippen MR) is 133 cm³/mol. The number of ether oxygens (including phenoxy) is 1. The molecule has 3 aromatic rings. The van der Waals surface area contributed by atoms with Crippen LogP contribution in [0, 0.1) is 18.3 Å². The minimum atomic E-state index is -3.81. The minimum Gasteiger partial charge on any atom is -0.385 e. The van der Waals surface area contributed by atoms with Crippen LogP contribution in [0.4, 0.5) is 10.8 Å². The maximum Gasteiger partial charge on any atom is 0.284 e. The Morgan fingerprint density at radius 1 is 1.21 bits per heavy atom. The topological polar surface area (TPSA) is 112 Å². The van der Waals surface area contributed by atoms with Crippen molar-refractivity contribution in [2.75, 3.05) is 24.4 Å². The van der Waals surface area contributed by atoms with Crippen LogP contribution in [0.15, 0.2) is 48.5 Å². The number of methoxy groups -OCH3 is 1.